The molecule has 1 fully saturated rings. The maximum atomic E-state index is 11.6. The number of rotatable bonds is 3. The smallest absolute Gasteiger partial charge is 0.238 e. The highest BCUT2D eigenvalue weighted by atomic mass is 32.2. The van der Waals surface area contributed by atoms with E-state index in [9.17, 15) is 23.7 Å². The zero-order valence-corrected chi connectivity index (χ0v) is 12.2. The van der Waals surface area contributed by atoms with Crippen molar-refractivity contribution in [1.29, 1.82) is 0 Å². The number of nitrogen functional groups attached to an aromatic ring is 1. The van der Waals surface area contributed by atoms with Crippen molar-refractivity contribution in [2.45, 2.75) is 35.4 Å². The molecule has 1 aliphatic rings. The Bertz CT molecular complexity index is 649. The number of primary sulfonamides is 1. The van der Waals surface area contributed by atoms with Gasteiger partial charge in [0.2, 0.25) is 10.0 Å². The van der Waals surface area contributed by atoms with Crippen LogP contribution < -0.4 is 10.9 Å². The predicted octanol–water partition coefficient (Wildman–Crippen LogP) is -2.57. The number of hydrogen-bond donors (Lipinski definition) is 6. The Kier molecular flexibility index (Phi) is 4.73. The molecule has 1 aromatic rings. The first kappa shape index (κ1) is 17.1. The minimum absolute atomic E-state index is 0.0561. The van der Waals surface area contributed by atoms with Crippen LogP contribution in [0.3, 0.4) is 0 Å². The van der Waals surface area contributed by atoms with Crippen molar-refractivity contribution >= 4 is 15.7 Å². The van der Waals surface area contributed by atoms with Gasteiger partial charge in [0.1, 0.15) is 30.5 Å². The maximum Gasteiger partial charge on any atom is 0.238 e. The lowest BCUT2D eigenvalue weighted by atomic mass is 9.91. The Morgan fingerprint density at radius 2 is 1.77 bits per heavy atom. The van der Waals surface area contributed by atoms with Gasteiger partial charge in [0, 0.05) is 11.3 Å². The van der Waals surface area contributed by atoms with Crippen LogP contribution in [0, 0.1) is 0 Å². The highest BCUT2D eigenvalue weighted by Crippen LogP contribution is 2.36. The lowest BCUT2D eigenvalue weighted by Crippen LogP contribution is -2.55. The van der Waals surface area contributed by atoms with Gasteiger partial charge in [0.05, 0.1) is 11.5 Å². The Balaban J connectivity index is 2.52. The second kappa shape index (κ2) is 6.08. The fraction of sp³-hybridized carbons (Fsp3) is 0.500. The average molecular weight is 334 g/mol. The van der Waals surface area contributed by atoms with E-state index in [0.717, 1.165) is 6.07 Å². The van der Waals surface area contributed by atoms with E-state index in [4.69, 9.17) is 20.7 Å². The minimum Gasteiger partial charge on any atom is -0.399 e. The van der Waals surface area contributed by atoms with Crippen molar-refractivity contribution in [3.8, 4) is 0 Å². The van der Waals surface area contributed by atoms with Crippen LogP contribution in [0.4, 0.5) is 5.69 Å². The van der Waals surface area contributed by atoms with Gasteiger partial charge in [-0.1, -0.05) is 0 Å². The van der Waals surface area contributed by atoms with Crippen LogP contribution in [-0.4, -0.2) is 59.9 Å². The van der Waals surface area contributed by atoms with E-state index in [-0.39, 0.29) is 16.1 Å². The molecular formula is C12H18N2O7S. The van der Waals surface area contributed by atoms with Crippen LogP contribution in [-0.2, 0) is 14.8 Å². The molecule has 0 radical (unpaired) electrons. The van der Waals surface area contributed by atoms with Crippen LogP contribution in [0.15, 0.2) is 23.1 Å². The van der Waals surface area contributed by atoms with Gasteiger partial charge in [-0.15, -0.1) is 0 Å². The third kappa shape index (κ3) is 3.08. The van der Waals surface area contributed by atoms with E-state index in [1.54, 1.807) is 0 Å². The summed E-state index contributed by atoms with van der Waals surface area (Å²) in [6, 6.07) is 3.71. The Hall–Kier alpha value is -1.27. The van der Waals surface area contributed by atoms with Crippen LogP contribution in [0.2, 0.25) is 0 Å². The molecule has 0 amide bonds. The SMILES string of the molecule is Nc1ccc(S(N)(=O)=O)c(C2O[C@H](CO)[C@@H](O)[C@H](O)[C@H]2O)c1. The monoisotopic (exact) mass is 334 g/mol. The molecule has 0 bridgehead atoms. The topological polar surface area (TPSA) is 176 Å². The number of sulfonamides is 1. The first-order valence-electron chi connectivity index (χ1n) is 6.39. The second-order valence-corrected chi connectivity index (χ2v) is 6.62. The van der Waals surface area contributed by atoms with Crippen molar-refractivity contribution in [2.75, 3.05) is 12.3 Å². The molecule has 1 heterocycles. The van der Waals surface area contributed by atoms with Gasteiger partial charge in [-0.2, -0.15) is 0 Å². The zero-order valence-electron chi connectivity index (χ0n) is 11.4. The molecule has 9 nitrogen and oxygen atoms in total. The second-order valence-electron chi connectivity index (χ2n) is 5.09. The number of hydrogen-bond acceptors (Lipinski definition) is 8. The molecule has 0 aromatic heterocycles. The molecule has 22 heavy (non-hydrogen) atoms. The molecular weight excluding hydrogens is 316 g/mol. The third-order valence-corrected chi connectivity index (χ3v) is 4.52. The molecule has 5 atom stereocenters. The normalized spacial score (nSPS) is 32.9. The summed E-state index contributed by atoms with van der Waals surface area (Å²) in [5, 5.41) is 43.9. The molecule has 1 aromatic carbocycles. The van der Waals surface area contributed by atoms with E-state index in [0.29, 0.717) is 0 Å². The molecule has 0 spiro atoms. The molecule has 0 aliphatic carbocycles. The predicted molar refractivity (Wildman–Crippen MR) is 74.9 cm³/mol. The van der Waals surface area contributed by atoms with E-state index in [2.05, 4.69) is 0 Å². The number of ether oxygens (including phenoxy) is 1. The van der Waals surface area contributed by atoms with Gasteiger partial charge >= 0.3 is 0 Å². The summed E-state index contributed by atoms with van der Waals surface area (Å²) >= 11 is 0. The zero-order chi connectivity index (χ0) is 16.7. The van der Waals surface area contributed by atoms with Gasteiger partial charge < -0.3 is 30.9 Å². The fourth-order valence-corrected chi connectivity index (χ4v) is 3.17. The third-order valence-electron chi connectivity index (χ3n) is 3.54. The molecule has 8 N–H and O–H groups in total. The molecule has 124 valence electrons. The summed E-state index contributed by atoms with van der Waals surface area (Å²) in [5.41, 5.74) is 5.76. The highest BCUT2D eigenvalue weighted by Gasteiger charge is 2.45. The van der Waals surface area contributed by atoms with Gasteiger partial charge in [-0.25, -0.2) is 13.6 Å². The molecule has 0 saturated carbocycles. The lowest BCUT2D eigenvalue weighted by Gasteiger charge is -2.40. The maximum absolute atomic E-state index is 11.6. The van der Waals surface area contributed by atoms with Crippen LogP contribution in [0.1, 0.15) is 11.7 Å². The van der Waals surface area contributed by atoms with Gasteiger partial charge in [-0.05, 0) is 18.2 Å². The molecule has 1 aliphatic heterocycles. The van der Waals surface area contributed by atoms with Crippen molar-refractivity contribution in [2.24, 2.45) is 5.14 Å². The Morgan fingerprint density at radius 3 is 2.32 bits per heavy atom. The number of benzene rings is 1. The number of nitrogens with two attached hydrogens (primary N) is 2. The largest absolute Gasteiger partial charge is 0.399 e. The minimum atomic E-state index is -4.13. The fourth-order valence-electron chi connectivity index (χ4n) is 2.41. The van der Waals surface area contributed by atoms with Gasteiger partial charge in [0.15, 0.2) is 0 Å². The van der Waals surface area contributed by atoms with Gasteiger partial charge in [0.25, 0.3) is 0 Å². The highest BCUT2D eigenvalue weighted by molar-refractivity contribution is 7.89. The summed E-state index contributed by atoms with van der Waals surface area (Å²) in [6.07, 6.45) is -7.30. The first-order chi connectivity index (χ1) is 10.2. The quantitative estimate of drug-likeness (QED) is 0.327. The Morgan fingerprint density at radius 1 is 1.14 bits per heavy atom. The molecule has 10 heteroatoms. The standard InChI is InChI=1S/C12H18N2O7S/c13-5-1-2-8(22(14,19)20)6(3-5)12-11(18)10(17)9(16)7(4-15)21-12/h1-3,7,9-12,15-18H,4,13H2,(H2,14,19,20)/t7-,9-,10+,11-,12?/m1/s1. The van der Waals surface area contributed by atoms with Crippen LogP contribution in [0.5, 0.6) is 0 Å². The van der Waals surface area contributed by atoms with Gasteiger partial charge in [-0.3, -0.25) is 0 Å². The lowest BCUT2D eigenvalue weighted by molar-refractivity contribution is -0.232. The van der Waals surface area contributed by atoms with E-state index in [1.165, 1.54) is 12.1 Å². The number of aliphatic hydroxyl groups excluding tert-OH is 4. The first-order valence-corrected chi connectivity index (χ1v) is 7.94. The van der Waals surface area contributed by atoms with E-state index in [1.807, 2.05) is 0 Å². The number of anilines is 1. The summed E-state index contributed by atoms with van der Waals surface area (Å²) < 4.78 is 28.6. The summed E-state index contributed by atoms with van der Waals surface area (Å²) in [5.74, 6) is 0. The van der Waals surface area contributed by atoms with Crippen molar-refractivity contribution < 1.29 is 33.6 Å². The molecule has 1 saturated heterocycles. The van der Waals surface area contributed by atoms with Crippen molar-refractivity contribution in [3.05, 3.63) is 23.8 Å². The Labute approximate surface area is 126 Å². The van der Waals surface area contributed by atoms with E-state index < -0.39 is 47.2 Å². The summed E-state index contributed by atoms with van der Waals surface area (Å²) in [4.78, 5) is -0.328. The summed E-state index contributed by atoms with van der Waals surface area (Å²) in [7, 11) is -4.13. The van der Waals surface area contributed by atoms with Crippen molar-refractivity contribution in [1.82, 2.24) is 0 Å². The molecule has 2 rings (SSSR count). The van der Waals surface area contributed by atoms with Crippen LogP contribution in [0.25, 0.3) is 0 Å². The number of aliphatic hydroxyl groups is 4. The van der Waals surface area contributed by atoms with Crippen LogP contribution >= 0.6 is 0 Å². The van der Waals surface area contributed by atoms with E-state index >= 15 is 0 Å². The molecule has 1 unspecified atom stereocenters. The average Bonchev–Trinajstić information content (AvgIpc) is 2.44. The van der Waals surface area contributed by atoms with Crippen molar-refractivity contribution in [3.63, 3.8) is 0 Å². The summed E-state index contributed by atoms with van der Waals surface area (Å²) in [6.45, 7) is -0.630.